The highest BCUT2D eigenvalue weighted by atomic mass is 35.5. The molecule has 4 rings (SSSR count). The highest BCUT2D eigenvalue weighted by Gasteiger charge is 2.23. The lowest BCUT2D eigenvalue weighted by Gasteiger charge is -2.32. The number of piperazine rings is 1. The number of rotatable bonds is 5. The van der Waals surface area contributed by atoms with E-state index < -0.39 is 0 Å². The first kappa shape index (κ1) is 19.3. The fourth-order valence-electron chi connectivity index (χ4n) is 3.42. The molecule has 7 nitrogen and oxygen atoms in total. The van der Waals surface area contributed by atoms with Crippen molar-refractivity contribution in [3.8, 4) is 0 Å². The summed E-state index contributed by atoms with van der Waals surface area (Å²) < 4.78 is 11.6. The van der Waals surface area contributed by atoms with Crippen molar-refractivity contribution in [3.63, 3.8) is 0 Å². The molecule has 9 heteroatoms. The van der Waals surface area contributed by atoms with Crippen LogP contribution < -0.4 is 15.1 Å². The summed E-state index contributed by atoms with van der Waals surface area (Å²) in [7, 11) is 0. The standard InChI is InChI=1S/C19H23ClN4O3S/c1-13-14(20)2-3-16-17(13)22-19(28-16)24-8-6-23(7-9-24)5-4-21-18(25)15-12-26-10-11-27-15/h2-3,12H,4-11H2,1H3,(H,21,25)/p+1. The molecule has 1 aromatic heterocycles. The number of quaternary nitrogens is 1. The van der Waals surface area contributed by atoms with Gasteiger partial charge in [0.2, 0.25) is 5.76 Å². The maximum absolute atomic E-state index is 12.0. The van der Waals surface area contributed by atoms with Gasteiger partial charge < -0.3 is 24.6 Å². The summed E-state index contributed by atoms with van der Waals surface area (Å²) in [5, 5.41) is 4.73. The van der Waals surface area contributed by atoms with Crippen LogP contribution in [0.5, 0.6) is 0 Å². The molecule has 0 aliphatic carbocycles. The van der Waals surface area contributed by atoms with Crippen molar-refractivity contribution in [1.82, 2.24) is 10.3 Å². The molecule has 3 heterocycles. The first-order chi connectivity index (χ1) is 13.6. The van der Waals surface area contributed by atoms with Crippen LogP contribution in [0.3, 0.4) is 0 Å². The number of carbonyl (C=O) groups excluding carboxylic acids is 1. The fraction of sp³-hybridized carbons (Fsp3) is 0.474. The minimum absolute atomic E-state index is 0.207. The van der Waals surface area contributed by atoms with Gasteiger partial charge >= 0.3 is 0 Å². The van der Waals surface area contributed by atoms with Crippen molar-refractivity contribution < 1.29 is 19.2 Å². The van der Waals surface area contributed by atoms with Crippen molar-refractivity contribution >= 4 is 44.2 Å². The second-order valence-electron chi connectivity index (χ2n) is 6.96. The number of fused-ring (bicyclic) bond motifs is 1. The van der Waals surface area contributed by atoms with Gasteiger partial charge in [-0.25, -0.2) is 4.98 Å². The maximum atomic E-state index is 12.0. The number of benzene rings is 1. The van der Waals surface area contributed by atoms with Crippen LogP contribution in [-0.2, 0) is 14.3 Å². The third-order valence-electron chi connectivity index (χ3n) is 5.11. The third-order valence-corrected chi connectivity index (χ3v) is 6.61. The van der Waals surface area contributed by atoms with E-state index in [9.17, 15) is 4.79 Å². The predicted octanol–water partition coefficient (Wildman–Crippen LogP) is 0.967. The Morgan fingerprint density at radius 2 is 2.18 bits per heavy atom. The first-order valence-electron chi connectivity index (χ1n) is 9.49. The van der Waals surface area contributed by atoms with Gasteiger partial charge in [-0.2, -0.15) is 0 Å². The van der Waals surface area contributed by atoms with Crippen LogP contribution in [0.1, 0.15) is 5.56 Å². The molecule has 0 saturated carbocycles. The first-order valence-corrected chi connectivity index (χ1v) is 10.7. The van der Waals surface area contributed by atoms with Crippen molar-refractivity contribution in [2.45, 2.75) is 6.92 Å². The summed E-state index contributed by atoms with van der Waals surface area (Å²) in [5.41, 5.74) is 2.05. The van der Waals surface area contributed by atoms with E-state index in [1.54, 1.807) is 11.3 Å². The molecule has 1 aromatic carbocycles. The molecule has 0 atom stereocenters. The smallest absolute Gasteiger partial charge is 0.289 e. The molecule has 1 saturated heterocycles. The number of anilines is 1. The van der Waals surface area contributed by atoms with E-state index in [-0.39, 0.29) is 11.7 Å². The number of nitrogens with zero attached hydrogens (tertiary/aromatic N) is 2. The zero-order valence-corrected chi connectivity index (χ0v) is 17.4. The number of hydrogen-bond donors (Lipinski definition) is 2. The van der Waals surface area contributed by atoms with Gasteiger partial charge in [0.15, 0.2) is 5.13 Å². The Morgan fingerprint density at radius 1 is 1.36 bits per heavy atom. The van der Waals surface area contributed by atoms with E-state index in [4.69, 9.17) is 26.1 Å². The molecule has 0 bridgehead atoms. The number of halogens is 1. The van der Waals surface area contributed by atoms with E-state index in [1.807, 2.05) is 19.1 Å². The predicted molar refractivity (Wildman–Crippen MR) is 110 cm³/mol. The Kier molecular flexibility index (Phi) is 5.89. The summed E-state index contributed by atoms with van der Waals surface area (Å²) in [6, 6.07) is 3.99. The number of amides is 1. The molecule has 0 unspecified atom stereocenters. The molecule has 28 heavy (non-hydrogen) atoms. The Hall–Kier alpha value is -2.03. The number of carbonyl (C=O) groups is 1. The quantitative estimate of drug-likeness (QED) is 0.750. The molecule has 0 radical (unpaired) electrons. The summed E-state index contributed by atoms with van der Waals surface area (Å²) in [5.74, 6) is 0.0542. The molecule has 2 aliphatic heterocycles. The fourth-order valence-corrected chi connectivity index (χ4v) is 4.64. The number of nitrogens with one attached hydrogen (secondary N) is 2. The van der Waals surface area contributed by atoms with Crippen molar-refractivity contribution in [3.05, 3.63) is 34.7 Å². The molecule has 1 fully saturated rings. The van der Waals surface area contributed by atoms with Gasteiger partial charge in [0.1, 0.15) is 19.5 Å². The highest BCUT2D eigenvalue weighted by molar-refractivity contribution is 7.22. The summed E-state index contributed by atoms with van der Waals surface area (Å²) in [4.78, 5) is 20.6. The normalized spacial score (nSPS) is 17.8. The van der Waals surface area contributed by atoms with E-state index in [0.29, 0.717) is 19.8 Å². The number of hydrogen-bond acceptors (Lipinski definition) is 6. The SMILES string of the molecule is Cc1c(Cl)ccc2sc(N3CC[NH+](CCNC(=O)C4=COCCO4)CC3)nc12. The monoisotopic (exact) mass is 423 g/mol. The Balaban J connectivity index is 1.26. The molecule has 2 N–H and O–H groups in total. The molecule has 2 aliphatic rings. The van der Waals surface area contributed by atoms with Gasteiger partial charge in [-0.3, -0.25) is 4.79 Å². The summed E-state index contributed by atoms with van der Waals surface area (Å²) >= 11 is 7.95. The van der Waals surface area contributed by atoms with Crippen LogP contribution in [0, 0.1) is 6.92 Å². The number of aromatic nitrogens is 1. The Labute approximate surface area is 172 Å². The maximum Gasteiger partial charge on any atom is 0.289 e. The summed E-state index contributed by atoms with van der Waals surface area (Å²) in [6.07, 6.45) is 1.39. The lowest BCUT2D eigenvalue weighted by Crippen LogP contribution is -3.15. The number of thiazole rings is 1. The van der Waals surface area contributed by atoms with Gasteiger partial charge in [-0.1, -0.05) is 22.9 Å². The van der Waals surface area contributed by atoms with Gasteiger partial charge in [0, 0.05) is 5.02 Å². The van der Waals surface area contributed by atoms with Crippen LogP contribution in [0.4, 0.5) is 5.13 Å². The topological polar surface area (TPSA) is 68.1 Å². The third kappa shape index (κ3) is 4.19. The van der Waals surface area contributed by atoms with E-state index >= 15 is 0 Å². The summed E-state index contributed by atoms with van der Waals surface area (Å²) in [6.45, 7) is 8.40. The Morgan fingerprint density at radius 3 is 2.93 bits per heavy atom. The molecule has 1 amide bonds. The minimum Gasteiger partial charge on any atom is -0.494 e. The molecule has 150 valence electrons. The second-order valence-corrected chi connectivity index (χ2v) is 8.38. The van der Waals surface area contributed by atoms with Gasteiger partial charge in [-0.05, 0) is 24.6 Å². The average Bonchev–Trinajstić information content (AvgIpc) is 3.17. The van der Waals surface area contributed by atoms with E-state index in [2.05, 4.69) is 10.2 Å². The zero-order chi connectivity index (χ0) is 19.5. The van der Waals surface area contributed by atoms with Crippen LogP contribution in [0.15, 0.2) is 24.2 Å². The van der Waals surface area contributed by atoms with Gasteiger partial charge in [0.25, 0.3) is 5.91 Å². The highest BCUT2D eigenvalue weighted by Crippen LogP contribution is 2.33. The van der Waals surface area contributed by atoms with Gasteiger partial charge in [-0.15, -0.1) is 0 Å². The molecular weight excluding hydrogens is 400 g/mol. The second kappa shape index (κ2) is 8.55. The van der Waals surface area contributed by atoms with Crippen LogP contribution >= 0.6 is 22.9 Å². The lowest BCUT2D eigenvalue weighted by molar-refractivity contribution is -0.899. The molecule has 2 aromatic rings. The Bertz CT molecular complexity index is 893. The van der Waals surface area contributed by atoms with E-state index in [0.717, 1.165) is 54.0 Å². The average molecular weight is 424 g/mol. The molecular formula is C19H24ClN4O3S+. The largest absolute Gasteiger partial charge is 0.494 e. The zero-order valence-electron chi connectivity index (χ0n) is 15.8. The minimum atomic E-state index is -0.207. The number of ether oxygens (including phenoxy) is 2. The van der Waals surface area contributed by atoms with Crippen LogP contribution in [0.2, 0.25) is 5.02 Å². The van der Waals surface area contributed by atoms with E-state index in [1.165, 1.54) is 15.9 Å². The van der Waals surface area contributed by atoms with Crippen molar-refractivity contribution in [2.24, 2.45) is 0 Å². The lowest BCUT2D eigenvalue weighted by atomic mass is 10.2. The van der Waals surface area contributed by atoms with Crippen molar-refractivity contribution in [2.75, 3.05) is 57.4 Å². The number of aryl methyl sites for hydroxylation is 1. The van der Waals surface area contributed by atoms with Crippen LogP contribution in [-0.4, -0.2) is 63.4 Å². The molecule has 0 spiro atoms. The van der Waals surface area contributed by atoms with Gasteiger partial charge in [0.05, 0.1) is 49.5 Å². The van der Waals surface area contributed by atoms with Crippen LogP contribution in [0.25, 0.3) is 10.2 Å². The van der Waals surface area contributed by atoms with Crippen molar-refractivity contribution in [1.29, 1.82) is 0 Å².